The molecule has 2 aromatic rings. The van der Waals surface area contributed by atoms with E-state index in [1.54, 1.807) is 24.1 Å². The van der Waals surface area contributed by atoms with Gasteiger partial charge in [0.1, 0.15) is 5.82 Å². The molecule has 0 saturated heterocycles. The van der Waals surface area contributed by atoms with Crippen LogP contribution in [0.3, 0.4) is 0 Å². The summed E-state index contributed by atoms with van der Waals surface area (Å²) in [6, 6.07) is 11.8. The van der Waals surface area contributed by atoms with Crippen molar-refractivity contribution >= 4 is 23.2 Å². The van der Waals surface area contributed by atoms with Crippen LogP contribution in [-0.2, 0) is 22.4 Å². The molecular weight excluding hydrogens is 307 g/mol. The van der Waals surface area contributed by atoms with E-state index in [0.29, 0.717) is 25.7 Å². The summed E-state index contributed by atoms with van der Waals surface area (Å²) >= 11 is 0. The van der Waals surface area contributed by atoms with Gasteiger partial charge in [-0.25, -0.2) is 4.39 Å². The predicted molar refractivity (Wildman–Crippen MR) is 91.5 cm³/mol. The maximum atomic E-state index is 12.9. The summed E-state index contributed by atoms with van der Waals surface area (Å²) in [6.07, 6.45) is 2.08. The average molecular weight is 326 g/mol. The van der Waals surface area contributed by atoms with Crippen LogP contribution in [0.25, 0.3) is 0 Å². The Balaban J connectivity index is 1.60. The van der Waals surface area contributed by atoms with E-state index >= 15 is 0 Å². The van der Waals surface area contributed by atoms with E-state index in [4.69, 9.17) is 0 Å². The standard InChI is InChI=1S/C19H19FN2O2/c1-22-17-9-8-16(12-14(17)5-11-19(22)24)21-18(23)10-4-13-2-6-15(20)7-3-13/h2-3,6-9,12H,4-5,10-11H2,1H3,(H,21,23). The van der Waals surface area contributed by atoms with Crippen LogP contribution in [0.4, 0.5) is 15.8 Å². The largest absolute Gasteiger partial charge is 0.326 e. The lowest BCUT2D eigenvalue weighted by molar-refractivity contribution is -0.118. The van der Waals surface area contributed by atoms with Gasteiger partial charge in [-0.1, -0.05) is 12.1 Å². The molecule has 0 atom stereocenters. The molecule has 1 heterocycles. The van der Waals surface area contributed by atoms with E-state index in [-0.39, 0.29) is 17.6 Å². The SMILES string of the molecule is CN1C(=O)CCc2cc(NC(=O)CCc3ccc(F)cc3)ccc21. The van der Waals surface area contributed by atoms with Gasteiger partial charge in [-0.05, 0) is 54.3 Å². The number of carbonyl (C=O) groups excluding carboxylic acids is 2. The predicted octanol–water partition coefficient (Wildman–Crippen LogP) is 3.31. The summed E-state index contributed by atoms with van der Waals surface area (Å²) in [5, 5.41) is 2.88. The third-order valence-electron chi connectivity index (χ3n) is 4.26. The van der Waals surface area contributed by atoms with Gasteiger partial charge in [-0.3, -0.25) is 9.59 Å². The minimum Gasteiger partial charge on any atom is -0.326 e. The number of nitrogens with zero attached hydrogens (tertiary/aromatic N) is 1. The van der Waals surface area contributed by atoms with Crippen LogP contribution >= 0.6 is 0 Å². The Morgan fingerprint density at radius 1 is 1.17 bits per heavy atom. The number of nitrogens with one attached hydrogen (secondary N) is 1. The summed E-state index contributed by atoms with van der Waals surface area (Å²) in [4.78, 5) is 25.4. The van der Waals surface area contributed by atoms with E-state index in [0.717, 1.165) is 22.5 Å². The Labute approximate surface area is 140 Å². The Hall–Kier alpha value is -2.69. The van der Waals surface area contributed by atoms with Gasteiger partial charge < -0.3 is 10.2 Å². The van der Waals surface area contributed by atoms with Gasteiger partial charge in [0.05, 0.1) is 0 Å². The molecule has 0 aliphatic carbocycles. The van der Waals surface area contributed by atoms with Crippen LogP contribution in [0.15, 0.2) is 42.5 Å². The molecule has 124 valence electrons. The zero-order valence-corrected chi connectivity index (χ0v) is 13.5. The molecule has 4 nitrogen and oxygen atoms in total. The maximum Gasteiger partial charge on any atom is 0.227 e. The first-order chi connectivity index (χ1) is 11.5. The highest BCUT2D eigenvalue weighted by atomic mass is 19.1. The van der Waals surface area contributed by atoms with Gasteiger partial charge >= 0.3 is 0 Å². The number of fused-ring (bicyclic) bond motifs is 1. The summed E-state index contributed by atoms with van der Waals surface area (Å²) in [5.74, 6) is -0.251. The second kappa shape index (κ2) is 6.83. The smallest absolute Gasteiger partial charge is 0.227 e. The fraction of sp³-hybridized carbons (Fsp3) is 0.263. The Bertz CT molecular complexity index is 771. The van der Waals surface area contributed by atoms with Crippen molar-refractivity contribution in [1.29, 1.82) is 0 Å². The summed E-state index contributed by atoms with van der Waals surface area (Å²) in [5.41, 5.74) is 3.63. The van der Waals surface area contributed by atoms with Crippen molar-refractivity contribution in [3.8, 4) is 0 Å². The molecule has 0 unspecified atom stereocenters. The van der Waals surface area contributed by atoms with Crippen molar-refractivity contribution in [2.45, 2.75) is 25.7 Å². The lowest BCUT2D eigenvalue weighted by atomic mass is 10.0. The van der Waals surface area contributed by atoms with E-state index in [1.807, 2.05) is 18.2 Å². The second-order valence-corrected chi connectivity index (χ2v) is 5.97. The molecule has 0 radical (unpaired) electrons. The molecule has 2 amide bonds. The normalized spacial score (nSPS) is 13.6. The van der Waals surface area contributed by atoms with Crippen molar-refractivity contribution in [2.24, 2.45) is 0 Å². The molecule has 1 N–H and O–H groups in total. The van der Waals surface area contributed by atoms with Crippen molar-refractivity contribution in [2.75, 3.05) is 17.3 Å². The summed E-state index contributed by atoms with van der Waals surface area (Å²) < 4.78 is 12.9. The first kappa shape index (κ1) is 16.2. The molecule has 0 spiro atoms. The number of benzene rings is 2. The number of carbonyl (C=O) groups is 2. The Morgan fingerprint density at radius 3 is 2.67 bits per heavy atom. The zero-order chi connectivity index (χ0) is 17.1. The van der Waals surface area contributed by atoms with Gasteiger partial charge in [0, 0.05) is 31.3 Å². The number of halogens is 1. The van der Waals surface area contributed by atoms with Gasteiger partial charge in [0.15, 0.2) is 0 Å². The van der Waals surface area contributed by atoms with Crippen LogP contribution in [0.2, 0.25) is 0 Å². The molecule has 2 aromatic carbocycles. The second-order valence-electron chi connectivity index (χ2n) is 5.97. The van der Waals surface area contributed by atoms with Crippen molar-refractivity contribution in [3.05, 3.63) is 59.4 Å². The highest BCUT2D eigenvalue weighted by Gasteiger charge is 2.20. The fourth-order valence-electron chi connectivity index (χ4n) is 2.87. The summed E-state index contributed by atoms with van der Waals surface area (Å²) in [6.45, 7) is 0. The monoisotopic (exact) mass is 326 g/mol. The van der Waals surface area contributed by atoms with Gasteiger partial charge in [0.25, 0.3) is 0 Å². The number of aryl methyl sites for hydroxylation is 2. The third-order valence-corrected chi connectivity index (χ3v) is 4.26. The van der Waals surface area contributed by atoms with Crippen molar-refractivity contribution in [1.82, 2.24) is 0 Å². The molecule has 5 heteroatoms. The van der Waals surface area contributed by atoms with Crippen LogP contribution in [0, 0.1) is 5.82 Å². The average Bonchev–Trinajstić information content (AvgIpc) is 2.58. The molecule has 0 aromatic heterocycles. The van der Waals surface area contributed by atoms with Crippen LogP contribution in [0.1, 0.15) is 24.0 Å². The van der Waals surface area contributed by atoms with Gasteiger partial charge in [-0.15, -0.1) is 0 Å². The van der Waals surface area contributed by atoms with Crippen molar-refractivity contribution < 1.29 is 14.0 Å². The minimum absolute atomic E-state index is 0.0838. The fourth-order valence-corrected chi connectivity index (χ4v) is 2.87. The lowest BCUT2D eigenvalue weighted by Crippen LogP contribution is -2.31. The number of rotatable bonds is 4. The van der Waals surface area contributed by atoms with E-state index in [9.17, 15) is 14.0 Å². The first-order valence-corrected chi connectivity index (χ1v) is 7.97. The Kier molecular flexibility index (Phi) is 4.60. The molecule has 1 aliphatic heterocycles. The quantitative estimate of drug-likeness (QED) is 0.937. The molecule has 1 aliphatic rings. The zero-order valence-electron chi connectivity index (χ0n) is 13.5. The molecule has 0 fully saturated rings. The van der Waals surface area contributed by atoms with Crippen molar-refractivity contribution in [3.63, 3.8) is 0 Å². The van der Waals surface area contributed by atoms with Crippen LogP contribution < -0.4 is 10.2 Å². The molecule has 24 heavy (non-hydrogen) atoms. The first-order valence-electron chi connectivity index (χ1n) is 7.97. The molecule has 0 saturated carbocycles. The Morgan fingerprint density at radius 2 is 1.92 bits per heavy atom. The van der Waals surface area contributed by atoms with Crippen LogP contribution in [-0.4, -0.2) is 18.9 Å². The lowest BCUT2D eigenvalue weighted by Gasteiger charge is -2.26. The van der Waals surface area contributed by atoms with Crippen LogP contribution in [0.5, 0.6) is 0 Å². The molecule has 0 bridgehead atoms. The minimum atomic E-state index is -0.277. The van der Waals surface area contributed by atoms with E-state index < -0.39 is 0 Å². The maximum absolute atomic E-state index is 12.9. The topological polar surface area (TPSA) is 49.4 Å². The van der Waals surface area contributed by atoms with Gasteiger partial charge in [-0.2, -0.15) is 0 Å². The van der Waals surface area contributed by atoms with Gasteiger partial charge in [0.2, 0.25) is 11.8 Å². The number of hydrogen-bond acceptors (Lipinski definition) is 2. The number of anilines is 2. The number of amides is 2. The highest BCUT2D eigenvalue weighted by molar-refractivity contribution is 5.97. The summed E-state index contributed by atoms with van der Waals surface area (Å²) in [7, 11) is 1.77. The highest BCUT2D eigenvalue weighted by Crippen LogP contribution is 2.29. The third kappa shape index (κ3) is 3.62. The van der Waals surface area contributed by atoms with E-state index in [2.05, 4.69) is 5.32 Å². The van der Waals surface area contributed by atoms with E-state index in [1.165, 1.54) is 12.1 Å². The molecular formula is C19H19FN2O2. The molecule has 3 rings (SSSR count). The number of hydrogen-bond donors (Lipinski definition) is 1.